The van der Waals surface area contributed by atoms with Gasteiger partial charge in [-0.05, 0) is 115 Å². The van der Waals surface area contributed by atoms with E-state index in [4.69, 9.17) is 137 Å². The number of aliphatic hydroxyl groups is 3. The van der Waals surface area contributed by atoms with Gasteiger partial charge in [-0.1, -0.05) is 19.9 Å². The summed E-state index contributed by atoms with van der Waals surface area (Å²) in [4.78, 5) is 46.7. The van der Waals surface area contributed by atoms with Crippen molar-refractivity contribution in [2.24, 2.45) is 22.9 Å². The Balaban J connectivity index is -0.000000286. The number of alkyl carbamates (subject to hydrolysis) is 2. The van der Waals surface area contributed by atoms with Crippen LogP contribution in [0.3, 0.4) is 0 Å². The maximum atomic E-state index is 12.4. The van der Waals surface area contributed by atoms with Gasteiger partial charge < -0.3 is 115 Å². The molecule has 0 heterocycles. The Kier molecular flexibility index (Phi) is 67.3. The lowest BCUT2D eigenvalue weighted by Crippen LogP contribution is -2.59. The van der Waals surface area contributed by atoms with Crippen molar-refractivity contribution in [3.63, 3.8) is 0 Å². The third kappa shape index (κ3) is 76.8. The fraction of sp³-hybridized carbons (Fsp3) is 0.806. The fourth-order valence-electron chi connectivity index (χ4n) is 6.15. The van der Waals surface area contributed by atoms with E-state index in [1.165, 1.54) is 6.08 Å². The molecule has 0 radical (unpaired) electrons. The van der Waals surface area contributed by atoms with Gasteiger partial charge in [0, 0.05) is 25.9 Å². The summed E-state index contributed by atoms with van der Waals surface area (Å²) < 4.78 is 74.3. The van der Waals surface area contributed by atoms with Crippen LogP contribution in [0.5, 0.6) is 0 Å². The molecule has 0 spiro atoms. The maximum Gasteiger partial charge on any atom is 0.519 e. The third-order valence-electron chi connectivity index (χ3n) is 10.7. The largest absolute Gasteiger partial charge is 0.519 e. The van der Waals surface area contributed by atoms with E-state index in [2.05, 4.69) is 28.9 Å². The van der Waals surface area contributed by atoms with E-state index >= 15 is 0 Å². The lowest BCUT2D eigenvalue weighted by Gasteiger charge is -2.35. The minimum Gasteiger partial charge on any atom is -0.444 e. The molecule has 0 fully saturated rings. The van der Waals surface area contributed by atoms with Crippen LogP contribution < -0.4 is 33.6 Å². The molecule has 0 bridgehead atoms. The molecule has 101 heavy (non-hydrogen) atoms. The van der Waals surface area contributed by atoms with Crippen LogP contribution in [-0.4, -0.2) is 236 Å². The van der Waals surface area contributed by atoms with Crippen molar-refractivity contribution < 1.29 is 101 Å². The lowest BCUT2D eigenvalue weighted by atomic mass is 10.0. The molecule has 0 aromatic carbocycles. The minimum absolute atomic E-state index is 0.0209. The maximum absolute atomic E-state index is 12.4. The number of nitrogens with two attached hydrogens (primary N) is 4. The number of nitriles is 7. The van der Waals surface area contributed by atoms with Crippen molar-refractivity contribution >= 4 is 24.5 Å². The van der Waals surface area contributed by atoms with E-state index < -0.39 is 88.9 Å². The topological polar surface area (TPSA) is 553 Å². The molecule has 0 unspecified atom stereocenters. The summed E-state index contributed by atoms with van der Waals surface area (Å²) in [5, 5.41) is 89.4. The van der Waals surface area contributed by atoms with Gasteiger partial charge in [0.05, 0.1) is 211 Å². The Labute approximate surface area is 599 Å². The zero-order chi connectivity index (χ0) is 78.6. The van der Waals surface area contributed by atoms with Gasteiger partial charge in [-0.2, -0.15) is 36.8 Å². The second-order valence-electron chi connectivity index (χ2n) is 25.9. The number of carbonyl (C=O) groups excluding carboxylic acids is 4. The first-order valence-corrected chi connectivity index (χ1v) is 32.7. The highest BCUT2D eigenvalue weighted by molar-refractivity contribution is 5.77. The molecule has 0 aromatic rings. The number of nitrogens with one attached hydrogen (secondary N) is 2. The van der Waals surface area contributed by atoms with Crippen LogP contribution in [-0.2, 0) is 66.3 Å². The first-order chi connectivity index (χ1) is 47.3. The first kappa shape index (κ1) is 105. The van der Waals surface area contributed by atoms with Crippen LogP contribution >= 0.6 is 0 Å². The Morgan fingerprint density at radius 2 is 0.624 bits per heavy atom. The molecule has 0 saturated carbocycles. The van der Waals surface area contributed by atoms with Crippen LogP contribution in [0.2, 0.25) is 0 Å². The molecule has 34 heteroatoms. The van der Waals surface area contributed by atoms with E-state index in [0.717, 1.165) is 25.7 Å². The first-order valence-electron chi connectivity index (χ1n) is 32.7. The summed E-state index contributed by atoms with van der Waals surface area (Å²) in [6, 6.07) is 13.5. The summed E-state index contributed by atoms with van der Waals surface area (Å²) in [5.74, 6) is 0. The quantitative estimate of drug-likeness (QED) is 0.0119. The number of aliphatic hydroxyl groups excluding tert-OH is 3. The molecule has 0 aromatic heterocycles. The van der Waals surface area contributed by atoms with Gasteiger partial charge in [0.25, 0.3) is 0 Å². The number of unbranched alkanes of at least 4 members (excludes halogenated alkanes) is 1. The monoisotopic (exact) mass is 1440 g/mol. The van der Waals surface area contributed by atoms with E-state index in [-0.39, 0.29) is 98.5 Å². The minimum atomic E-state index is -1.21. The van der Waals surface area contributed by atoms with Crippen LogP contribution in [0.15, 0.2) is 12.7 Å². The third-order valence-corrected chi connectivity index (χ3v) is 10.7. The number of hydrogen-bond donors (Lipinski definition) is 9. The van der Waals surface area contributed by atoms with E-state index in [1.807, 2.05) is 57.2 Å². The van der Waals surface area contributed by atoms with Crippen molar-refractivity contribution in [1.82, 2.24) is 10.6 Å². The van der Waals surface area contributed by atoms with E-state index in [0.29, 0.717) is 72.0 Å². The molecular weight excluding hydrogens is 1320 g/mol. The van der Waals surface area contributed by atoms with Crippen LogP contribution in [0.4, 0.5) is 19.2 Å². The number of allylic oxidation sites excluding steroid dienone is 1. The number of hydrogen-bond acceptors (Lipinski definition) is 32. The SMILES string of the molecule is C=CC#N.CC(C)(C)OC(=O)NC(COCCC#N)(COCCC#N)COCCC#N.CC(C)(C)OC(=O)OC(=O)OC(C)(C)C.CCCCOCC(COCCCN)(COCCCN)NC(=O)OC(C)(C)C.N#CCCOCC(N)(COCCC#N)COCCC#N.NC(CO)(CO)CO. The average Bonchev–Trinajstić information content (AvgIpc) is 0.855. The lowest BCUT2D eigenvalue weighted by molar-refractivity contribution is -0.0446. The highest BCUT2D eigenvalue weighted by atomic mass is 16.8. The summed E-state index contributed by atoms with van der Waals surface area (Å²) in [7, 11) is 0. The van der Waals surface area contributed by atoms with Gasteiger partial charge in [0.15, 0.2) is 0 Å². The molecule has 0 aliphatic heterocycles. The van der Waals surface area contributed by atoms with Gasteiger partial charge in [-0.15, -0.1) is 0 Å². The highest BCUT2D eigenvalue weighted by Crippen LogP contribution is 2.17. The normalized spacial score (nSPS) is 11.2. The summed E-state index contributed by atoms with van der Waals surface area (Å²) in [6.45, 7) is 30.3. The zero-order valence-corrected chi connectivity index (χ0v) is 62.2. The molecule has 13 N–H and O–H groups in total. The molecular formula is C67H121N13O21. The summed E-state index contributed by atoms with van der Waals surface area (Å²) >= 11 is 0. The van der Waals surface area contributed by atoms with E-state index in [9.17, 15) is 19.2 Å². The van der Waals surface area contributed by atoms with Gasteiger partial charge >= 0.3 is 24.5 Å². The number of nitrogens with zero attached hydrogens (tertiary/aromatic N) is 7. The zero-order valence-electron chi connectivity index (χ0n) is 62.2. The number of rotatable bonds is 44. The molecule has 2 amide bonds. The van der Waals surface area contributed by atoms with Crippen molar-refractivity contribution in [2.45, 2.75) is 199 Å². The summed E-state index contributed by atoms with van der Waals surface area (Å²) in [5.41, 5.74) is 15.7. The smallest absolute Gasteiger partial charge is 0.444 e. The van der Waals surface area contributed by atoms with Crippen molar-refractivity contribution in [3.8, 4) is 42.5 Å². The van der Waals surface area contributed by atoms with Crippen molar-refractivity contribution in [2.75, 3.05) is 152 Å². The Morgan fingerprint density at radius 1 is 0.396 bits per heavy atom. The number of amides is 2. The molecule has 0 rings (SSSR count). The molecule has 0 atom stereocenters. The van der Waals surface area contributed by atoms with Crippen molar-refractivity contribution in [3.05, 3.63) is 12.7 Å². The average molecular weight is 1440 g/mol. The van der Waals surface area contributed by atoms with E-state index in [1.54, 1.807) is 68.4 Å². The fourth-order valence-corrected chi connectivity index (χ4v) is 6.15. The van der Waals surface area contributed by atoms with Crippen LogP contribution in [0.1, 0.15) is 154 Å². The van der Waals surface area contributed by atoms with Gasteiger partial charge in [-0.3, -0.25) is 0 Å². The predicted molar refractivity (Wildman–Crippen MR) is 370 cm³/mol. The van der Waals surface area contributed by atoms with Crippen LogP contribution in [0.25, 0.3) is 0 Å². The Morgan fingerprint density at radius 3 is 0.812 bits per heavy atom. The second-order valence-corrected chi connectivity index (χ2v) is 25.9. The number of carbonyl (C=O) groups is 4. The van der Waals surface area contributed by atoms with Gasteiger partial charge in [0.2, 0.25) is 0 Å². The molecule has 34 nitrogen and oxygen atoms in total. The predicted octanol–water partition coefficient (Wildman–Crippen LogP) is 5.54. The molecule has 580 valence electrons. The second kappa shape index (κ2) is 64.9. The Hall–Kier alpha value is -7.19. The van der Waals surface area contributed by atoms with Crippen LogP contribution in [0, 0.1) is 79.3 Å². The summed E-state index contributed by atoms with van der Waals surface area (Å²) in [6.07, 6.45) is 2.83. The molecule has 0 saturated heterocycles. The highest BCUT2D eigenvalue weighted by Gasteiger charge is 2.37. The number of ether oxygens (including phenoxy) is 14. The van der Waals surface area contributed by atoms with Crippen molar-refractivity contribution in [1.29, 1.82) is 36.8 Å². The standard InChI is InChI=1S/C19H41N3O5.C18H28N4O5.C13H20N4O3.C10H18O5.C4H11NO3.C3H3N/c1-5-6-11-24-14-19(15-25-12-7-9-20,16-26-13-8-10-21)22-17(23)27-18(2,3)4;1-17(2,3)27-16(23)22-18(13-24-10-4-7-19,14-25-11-5-8-20)15-26-12-6-9-21;14-4-1-7-18-10-13(17,11-19-8-2-5-15)12-20-9-3-6-16;1-9(2,3)14-7(11)13-8(12)15-10(4,5)6;5-4(1-6,2-7)3-8;1-2-3-4/h5-16,20-21H2,1-4H3,(H,22,23);4-6,10-15H2,1-3H3,(H,22,23);1-3,7-12,17H2;1-6H3;6-8H,1-3,5H2;2H,1H2. The molecule has 0 aliphatic carbocycles. The van der Waals surface area contributed by atoms with Gasteiger partial charge in [-0.25, -0.2) is 19.2 Å². The molecule has 0 aliphatic rings. The Bertz CT molecular complexity index is 2260. The van der Waals surface area contributed by atoms with Gasteiger partial charge in [0.1, 0.15) is 33.5 Å².